The number of hydrogen-bond donors (Lipinski definition) is 1. The molecule has 1 aliphatic rings. The third-order valence-electron chi connectivity index (χ3n) is 4.68. The molecule has 0 saturated carbocycles. The van der Waals surface area contributed by atoms with Gasteiger partial charge < -0.3 is 14.6 Å². The van der Waals surface area contributed by atoms with Crippen LogP contribution in [0.3, 0.4) is 0 Å². The second-order valence-electron chi connectivity index (χ2n) is 6.84. The van der Waals surface area contributed by atoms with E-state index in [1.807, 2.05) is 0 Å². The average molecular weight is 391 g/mol. The van der Waals surface area contributed by atoms with E-state index in [0.29, 0.717) is 11.5 Å². The summed E-state index contributed by atoms with van der Waals surface area (Å²) in [5.74, 6) is -2.13. The van der Waals surface area contributed by atoms with Gasteiger partial charge in [0.25, 0.3) is 5.91 Å². The first-order chi connectivity index (χ1) is 13.1. The molecule has 1 fully saturated rings. The molecule has 9 heteroatoms. The van der Waals surface area contributed by atoms with Gasteiger partial charge >= 0.3 is 6.03 Å². The van der Waals surface area contributed by atoms with Gasteiger partial charge in [-0.15, -0.1) is 0 Å². The molecule has 7 nitrogen and oxygen atoms in total. The highest BCUT2D eigenvalue weighted by molar-refractivity contribution is 6.09. The van der Waals surface area contributed by atoms with E-state index in [0.717, 1.165) is 17.0 Å². The highest BCUT2D eigenvalue weighted by Crippen LogP contribution is 2.29. The minimum Gasteiger partial charge on any atom is -0.464 e. The molecule has 0 bridgehead atoms. The van der Waals surface area contributed by atoms with Gasteiger partial charge in [-0.05, 0) is 43.7 Å². The number of nitrogens with one attached hydrogen (secondary N) is 1. The van der Waals surface area contributed by atoms with Crippen molar-refractivity contribution in [3.05, 3.63) is 59.1 Å². The Morgan fingerprint density at radius 2 is 1.93 bits per heavy atom. The number of furan rings is 1. The lowest BCUT2D eigenvalue weighted by atomic mass is 9.92. The van der Waals surface area contributed by atoms with Gasteiger partial charge in [0.15, 0.2) is 11.6 Å². The molecular weight excluding hydrogens is 372 g/mol. The van der Waals surface area contributed by atoms with E-state index < -0.39 is 41.6 Å². The van der Waals surface area contributed by atoms with Gasteiger partial charge in [0.1, 0.15) is 23.6 Å². The molecule has 1 N–H and O–H groups in total. The zero-order valence-corrected chi connectivity index (χ0v) is 15.6. The second-order valence-corrected chi connectivity index (χ2v) is 6.84. The van der Waals surface area contributed by atoms with Gasteiger partial charge in [0, 0.05) is 7.05 Å². The number of amides is 4. The highest BCUT2D eigenvalue weighted by atomic mass is 19.2. The quantitative estimate of drug-likeness (QED) is 0.793. The predicted octanol–water partition coefficient (Wildman–Crippen LogP) is 2.29. The van der Waals surface area contributed by atoms with E-state index in [-0.39, 0.29) is 12.1 Å². The SMILES string of the molecule is Cc1ccc(CN(C)C(=O)CN2C(=O)NC(C)(c3ccc(F)c(F)c3)C2=O)o1. The molecule has 1 saturated heterocycles. The Labute approximate surface area is 159 Å². The smallest absolute Gasteiger partial charge is 0.325 e. The van der Waals surface area contributed by atoms with Gasteiger partial charge in [-0.2, -0.15) is 0 Å². The number of likely N-dealkylation sites (N-methyl/N-ethyl adjacent to an activating group) is 1. The lowest BCUT2D eigenvalue weighted by molar-refractivity contribution is -0.138. The molecule has 1 aliphatic heterocycles. The minimum atomic E-state index is -1.59. The van der Waals surface area contributed by atoms with Gasteiger partial charge in [-0.1, -0.05) is 6.07 Å². The number of benzene rings is 1. The third kappa shape index (κ3) is 3.47. The number of carbonyl (C=O) groups excluding carboxylic acids is 3. The molecule has 28 heavy (non-hydrogen) atoms. The van der Waals surface area contributed by atoms with Crippen LogP contribution in [0.5, 0.6) is 0 Å². The van der Waals surface area contributed by atoms with Crippen LogP contribution in [0.25, 0.3) is 0 Å². The van der Waals surface area contributed by atoms with E-state index in [2.05, 4.69) is 5.32 Å². The Kier molecular flexibility index (Phi) is 4.93. The molecule has 1 aromatic carbocycles. The molecule has 1 aromatic heterocycles. The van der Waals surface area contributed by atoms with Crippen molar-refractivity contribution >= 4 is 17.8 Å². The molecule has 3 rings (SSSR count). The summed E-state index contributed by atoms with van der Waals surface area (Å²) >= 11 is 0. The Hall–Kier alpha value is -3.23. The van der Waals surface area contributed by atoms with Crippen molar-refractivity contribution in [3.8, 4) is 0 Å². The number of rotatable bonds is 5. The molecule has 1 atom stereocenters. The van der Waals surface area contributed by atoms with Crippen molar-refractivity contribution in [1.29, 1.82) is 0 Å². The number of carbonyl (C=O) groups is 3. The number of aryl methyl sites for hydroxylation is 1. The van der Waals surface area contributed by atoms with Crippen LogP contribution in [-0.4, -0.2) is 41.2 Å². The first-order valence-corrected chi connectivity index (χ1v) is 8.50. The van der Waals surface area contributed by atoms with Crippen LogP contribution in [-0.2, 0) is 21.7 Å². The number of hydrogen-bond acceptors (Lipinski definition) is 4. The Bertz CT molecular complexity index is 958. The fraction of sp³-hybridized carbons (Fsp3) is 0.316. The van der Waals surface area contributed by atoms with Crippen LogP contribution in [0.15, 0.2) is 34.7 Å². The molecular formula is C19H19F2N3O4. The Morgan fingerprint density at radius 3 is 2.54 bits per heavy atom. The van der Waals surface area contributed by atoms with E-state index in [1.54, 1.807) is 19.1 Å². The van der Waals surface area contributed by atoms with Crippen LogP contribution in [0.4, 0.5) is 13.6 Å². The molecule has 0 aliphatic carbocycles. The summed E-state index contributed by atoms with van der Waals surface area (Å²) in [5, 5.41) is 2.45. The second kappa shape index (κ2) is 7.06. The van der Waals surface area contributed by atoms with E-state index in [4.69, 9.17) is 4.42 Å². The van der Waals surface area contributed by atoms with Gasteiger partial charge in [-0.25, -0.2) is 13.6 Å². The lowest BCUT2D eigenvalue weighted by Crippen LogP contribution is -2.43. The maximum Gasteiger partial charge on any atom is 0.325 e. The van der Waals surface area contributed by atoms with Crippen LogP contribution in [0.2, 0.25) is 0 Å². The predicted molar refractivity (Wildman–Crippen MR) is 93.9 cm³/mol. The van der Waals surface area contributed by atoms with Crippen LogP contribution < -0.4 is 5.32 Å². The van der Waals surface area contributed by atoms with Gasteiger partial charge in [0.05, 0.1) is 6.54 Å². The normalized spacial score (nSPS) is 19.1. The molecule has 0 spiro atoms. The van der Waals surface area contributed by atoms with E-state index in [1.165, 1.54) is 24.9 Å². The number of nitrogens with zero attached hydrogens (tertiary/aromatic N) is 2. The average Bonchev–Trinajstić information content (AvgIpc) is 3.13. The van der Waals surface area contributed by atoms with Crippen molar-refractivity contribution in [2.75, 3.05) is 13.6 Å². The molecule has 2 heterocycles. The third-order valence-corrected chi connectivity index (χ3v) is 4.68. The summed E-state index contributed by atoms with van der Waals surface area (Å²) in [6.45, 7) is 2.84. The highest BCUT2D eigenvalue weighted by Gasteiger charge is 2.49. The monoisotopic (exact) mass is 391 g/mol. The summed E-state index contributed by atoms with van der Waals surface area (Å²) in [5.41, 5.74) is -1.51. The first kappa shape index (κ1) is 19.5. The first-order valence-electron chi connectivity index (χ1n) is 8.50. The van der Waals surface area contributed by atoms with Crippen molar-refractivity contribution in [3.63, 3.8) is 0 Å². The van der Waals surface area contributed by atoms with Gasteiger partial charge in [0.2, 0.25) is 5.91 Å². The summed E-state index contributed by atoms with van der Waals surface area (Å²) in [7, 11) is 1.52. The lowest BCUT2D eigenvalue weighted by Gasteiger charge is -2.23. The fourth-order valence-corrected chi connectivity index (χ4v) is 2.99. The zero-order valence-electron chi connectivity index (χ0n) is 15.6. The fourth-order valence-electron chi connectivity index (χ4n) is 2.99. The van der Waals surface area contributed by atoms with Crippen molar-refractivity contribution in [2.45, 2.75) is 25.9 Å². The topological polar surface area (TPSA) is 82.9 Å². The largest absolute Gasteiger partial charge is 0.464 e. The Balaban J connectivity index is 1.74. The molecule has 2 aromatic rings. The molecule has 1 unspecified atom stereocenters. The van der Waals surface area contributed by atoms with Crippen molar-refractivity contribution in [1.82, 2.24) is 15.1 Å². The summed E-state index contributed by atoms with van der Waals surface area (Å²) in [6.07, 6.45) is 0. The minimum absolute atomic E-state index is 0.0825. The van der Waals surface area contributed by atoms with Gasteiger partial charge in [-0.3, -0.25) is 14.5 Å². The van der Waals surface area contributed by atoms with Crippen LogP contribution >= 0.6 is 0 Å². The van der Waals surface area contributed by atoms with Crippen molar-refractivity contribution in [2.24, 2.45) is 0 Å². The zero-order chi connectivity index (χ0) is 20.6. The molecule has 4 amide bonds. The van der Waals surface area contributed by atoms with Crippen molar-refractivity contribution < 1.29 is 27.6 Å². The standard InChI is InChI=1S/C19H19F2N3O4/c1-11-4-6-13(28-11)9-23(3)16(25)10-24-17(26)19(2,22-18(24)27)12-5-7-14(20)15(21)8-12/h4-8H,9-10H2,1-3H3,(H,22,27). The maximum atomic E-state index is 13.6. The summed E-state index contributed by atoms with van der Waals surface area (Å²) < 4.78 is 32.2. The van der Waals surface area contributed by atoms with Crippen LogP contribution in [0, 0.1) is 18.6 Å². The number of urea groups is 1. The number of imide groups is 1. The Morgan fingerprint density at radius 1 is 1.21 bits per heavy atom. The maximum absolute atomic E-state index is 13.6. The summed E-state index contributed by atoms with van der Waals surface area (Å²) in [6, 6.07) is 5.65. The van der Waals surface area contributed by atoms with E-state index >= 15 is 0 Å². The van der Waals surface area contributed by atoms with Crippen LogP contribution in [0.1, 0.15) is 24.0 Å². The summed E-state index contributed by atoms with van der Waals surface area (Å²) in [4.78, 5) is 39.6. The molecule has 148 valence electrons. The number of halogens is 2. The van der Waals surface area contributed by atoms with E-state index in [9.17, 15) is 23.2 Å². The molecule has 0 radical (unpaired) electrons.